The normalized spacial score (nSPS) is 10.9. The second-order valence-electron chi connectivity index (χ2n) is 3.60. The van der Waals surface area contributed by atoms with Gasteiger partial charge in [0.25, 0.3) is 0 Å². The van der Waals surface area contributed by atoms with Crippen LogP contribution in [0.1, 0.15) is 5.56 Å². The van der Waals surface area contributed by atoms with Gasteiger partial charge in [-0.15, -0.1) is 0 Å². The number of benzene rings is 2. The molecule has 90 valence electrons. The SMILES string of the molecule is N#Cc1ccc(S(=O)(=O)c2cccc(Br)c2)cc1. The van der Waals surface area contributed by atoms with Crippen molar-refractivity contribution >= 4 is 25.8 Å². The molecule has 2 aromatic carbocycles. The fourth-order valence-corrected chi connectivity index (χ4v) is 3.34. The maximum absolute atomic E-state index is 12.3. The van der Waals surface area contributed by atoms with Gasteiger partial charge in [-0.3, -0.25) is 0 Å². The molecule has 0 heterocycles. The predicted molar refractivity (Wildman–Crippen MR) is 70.8 cm³/mol. The van der Waals surface area contributed by atoms with Crippen LogP contribution >= 0.6 is 15.9 Å². The Labute approximate surface area is 114 Å². The Balaban J connectivity index is 2.51. The Bertz CT molecular complexity index is 715. The molecule has 0 unspecified atom stereocenters. The molecule has 0 saturated carbocycles. The quantitative estimate of drug-likeness (QED) is 0.853. The van der Waals surface area contributed by atoms with Crippen molar-refractivity contribution in [2.75, 3.05) is 0 Å². The summed E-state index contributed by atoms with van der Waals surface area (Å²) in [6.45, 7) is 0. The van der Waals surface area contributed by atoms with E-state index in [4.69, 9.17) is 5.26 Å². The zero-order valence-corrected chi connectivity index (χ0v) is 11.6. The van der Waals surface area contributed by atoms with Gasteiger partial charge in [0, 0.05) is 4.47 Å². The van der Waals surface area contributed by atoms with Gasteiger partial charge in [0.2, 0.25) is 9.84 Å². The van der Waals surface area contributed by atoms with E-state index in [9.17, 15) is 8.42 Å². The van der Waals surface area contributed by atoms with Crippen LogP contribution in [0.3, 0.4) is 0 Å². The van der Waals surface area contributed by atoms with Gasteiger partial charge in [0.05, 0.1) is 21.4 Å². The van der Waals surface area contributed by atoms with Gasteiger partial charge in [0.15, 0.2) is 0 Å². The van der Waals surface area contributed by atoms with Crippen LogP contribution in [0.4, 0.5) is 0 Å². The van der Waals surface area contributed by atoms with E-state index in [1.165, 1.54) is 30.3 Å². The fraction of sp³-hybridized carbons (Fsp3) is 0. The molecule has 5 heteroatoms. The van der Waals surface area contributed by atoms with Gasteiger partial charge < -0.3 is 0 Å². The molecule has 2 aromatic rings. The number of hydrogen-bond donors (Lipinski definition) is 0. The molecule has 0 saturated heterocycles. The molecule has 0 N–H and O–H groups in total. The molecule has 0 bridgehead atoms. The summed E-state index contributed by atoms with van der Waals surface area (Å²) in [4.78, 5) is 0.404. The topological polar surface area (TPSA) is 57.9 Å². The molecule has 0 fully saturated rings. The monoisotopic (exact) mass is 321 g/mol. The highest BCUT2D eigenvalue weighted by Crippen LogP contribution is 2.23. The molecule has 2 rings (SSSR count). The van der Waals surface area contributed by atoms with E-state index in [0.717, 1.165) is 0 Å². The smallest absolute Gasteiger partial charge is 0.206 e. The van der Waals surface area contributed by atoms with E-state index in [-0.39, 0.29) is 9.79 Å². The summed E-state index contributed by atoms with van der Waals surface area (Å²) in [6.07, 6.45) is 0. The Hall–Kier alpha value is -1.64. The van der Waals surface area contributed by atoms with E-state index in [1.54, 1.807) is 18.2 Å². The first-order valence-electron chi connectivity index (χ1n) is 5.05. The van der Waals surface area contributed by atoms with Gasteiger partial charge in [-0.2, -0.15) is 5.26 Å². The third-order valence-corrected chi connectivity index (χ3v) is 4.66. The van der Waals surface area contributed by atoms with Gasteiger partial charge >= 0.3 is 0 Å². The number of halogens is 1. The van der Waals surface area contributed by atoms with E-state index in [0.29, 0.717) is 10.0 Å². The van der Waals surface area contributed by atoms with Crippen LogP contribution in [0.2, 0.25) is 0 Å². The summed E-state index contributed by atoms with van der Waals surface area (Å²) in [7, 11) is -3.53. The number of nitrogens with zero attached hydrogens (tertiary/aromatic N) is 1. The summed E-state index contributed by atoms with van der Waals surface area (Å²) in [6, 6.07) is 14.3. The van der Waals surface area contributed by atoms with Crippen molar-refractivity contribution in [3.05, 3.63) is 58.6 Å². The molecule has 3 nitrogen and oxygen atoms in total. The standard InChI is InChI=1S/C13H8BrNO2S/c14-11-2-1-3-13(8-11)18(16,17)12-6-4-10(9-15)5-7-12/h1-8H. The first-order valence-corrected chi connectivity index (χ1v) is 7.32. The lowest BCUT2D eigenvalue weighted by Crippen LogP contribution is -2.01. The summed E-state index contributed by atoms with van der Waals surface area (Å²) < 4.78 is 25.3. The van der Waals surface area contributed by atoms with Crippen LogP contribution in [-0.2, 0) is 9.84 Å². The summed E-state index contributed by atoms with van der Waals surface area (Å²) in [5.41, 5.74) is 0.434. The second kappa shape index (κ2) is 4.92. The lowest BCUT2D eigenvalue weighted by atomic mass is 10.2. The number of nitriles is 1. The summed E-state index contributed by atoms with van der Waals surface area (Å²) in [5, 5.41) is 8.68. The first-order chi connectivity index (χ1) is 8.54. The summed E-state index contributed by atoms with van der Waals surface area (Å²) in [5.74, 6) is 0. The number of rotatable bonds is 2. The molecule has 0 radical (unpaired) electrons. The van der Waals surface area contributed by atoms with Gasteiger partial charge in [-0.05, 0) is 42.5 Å². The fourth-order valence-electron chi connectivity index (χ4n) is 1.48. The first kappa shape index (κ1) is 12.8. The maximum Gasteiger partial charge on any atom is 0.206 e. The lowest BCUT2D eigenvalue weighted by Gasteiger charge is -2.04. The Morgan fingerprint density at radius 3 is 2.22 bits per heavy atom. The van der Waals surface area contributed by atoms with Gasteiger partial charge in [-0.1, -0.05) is 22.0 Å². The minimum Gasteiger partial charge on any atom is -0.219 e. The third kappa shape index (κ3) is 2.45. The van der Waals surface area contributed by atoms with Crippen molar-refractivity contribution in [2.24, 2.45) is 0 Å². The second-order valence-corrected chi connectivity index (χ2v) is 6.46. The molecule has 0 aliphatic heterocycles. The highest BCUT2D eigenvalue weighted by atomic mass is 79.9. The third-order valence-electron chi connectivity index (χ3n) is 2.40. The zero-order valence-electron chi connectivity index (χ0n) is 9.17. The highest BCUT2D eigenvalue weighted by Gasteiger charge is 2.17. The average Bonchev–Trinajstić information content (AvgIpc) is 2.39. The average molecular weight is 322 g/mol. The van der Waals surface area contributed by atoms with Crippen LogP contribution in [0.5, 0.6) is 0 Å². The predicted octanol–water partition coefficient (Wildman–Crippen LogP) is 3.15. The molecule has 18 heavy (non-hydrogen) atoms. The van der Waals surface area contributed by atoms with Crippen LogP contribution < -0.4 is 0 Å². The molecule has 0 aliphatic carbocycles. The van der Waals surface area contributed by atoms with Gasteiger partial charge in [-0.25, -0.2) is 8.42 Å². The van der Waals surface area contributed by atoms with E-state index >= 15 is 0 Å². The summed E-state index contributed by atoms with van der Waals surface area (Å²) >= 11 is 3.24. The molecule has 0 amide bonds. The van der Waals surface area contributed by atoms with Gasteiger partial charge in [0.1, 0.15) is 0 Å². The number of sulfone groups is 1. The van der Waals surface area contributed by atoms with Crippen LogP contribution in [0.15, 0.2) is 62.8 Å². The maximum atomic E-state index is 12.3. The highest BCUT2D eigenvalue weighted by molar-refractivity contribution is 9.10. The molecule has 0 atom stereocenters. The molecule has 0 aliphatic rings. The molecule has 0 aromatic heterocycles. The van der Waals surface area contributed by atoms with E-state index < -0.39 is 9.84 Å². The van der Waals surface area contributed by atoms with Crippen molar-refractivity contribution in [1.29, 1.82) is 5.26 Å². The Morgan fingerprint density at radius 1 is 1.00 bits per heavy atom. The minimum atomic E-state index is -3.53. The van der Waals surface area contributed by atoms with Crippen LogP contribution in [0.25, 0.3) is 0 Å². The van der Waals surface area contributed by atoms with Crippen LogP contribution in [0, 0.1) is 11.3 Å². The Morgan fingerprint density at radius 2 is 1.67 bits per heavy atom. The Kier molecular flexibility index (Phi) is 3.50. The zero-order chi connectivity index (χ0) is 13.2. The number of hydrogen-bond acceptors (Lipinski definition) is 3. The lowest BCUT2D eigenvalue weighted by molar-refractivity contribution is 0.596. The van der Waals surface area contributed by atoms with Crippen molar-refractivity contribution in [3.63, 3.8) is 0 Å². The van der Waals surface area contributed by atoms with Crippen molar-refractivity contribution in [3.8, 4) is 6.07 Å². The van der Waals surface area contributed by atoms with Crippen LogP contribution in [-0.4, -0.2) is 8.42 Å². The van der Waals surface area contributed by atoms with Crippen molar-refractivity contribution in [1.82, 2.24) is 0 Å². The molecular formula is C13H8BrNO2S. The van der Waals surface area contributed by atoms with E-state index in [2.05, 4.69) is 15.9 Å². The molecule has 0 spiro atoms. The van der Waals surface area contributed by atoms with Crippen molar-refractivity contribution in [2.45, 2.75) is 9.79 Å². The molecular weight excluding hydrogens is 314 g/mol. The largest absolute Gasteiger partial charge is 0.219 e. The minimum absolute atomic E-state index is 0.180. The van der Waals surface area contributed by atoms with Crippen molar-refractivity contribution < 1.29 is 8.42 Å². The van der Waals surface area contributed by atoms with E-state index in [1.807, 2.05) is 6.07 Å².